The molecule has 7 nitrogen and oxygen atoms in total. The number of unbranched alkanes of at least 4 members (excludes halogenated alkanes) is 1. The first-order valence-electron chi connectivity index (χ1n) is 10.3. The summed E-state index contributed by atoms with van der Waals surface area (Å²) in [4.78, 5) is 24.6. The number of hydrazine groups is 1. The molecule has 0 unspecified atom stereocenters. The summed E-state index contributed by atoms with van der Waals surface area (Å²) in [6.07, 6.45) is 1.89. The summed E-state index contributed by atoms with van der Waals surface area (Å²) in [6, 6.07) is 14.5. The summed E-state index contributed by atoms with van der Waals surface area (Å²) >= 11 is 5.09. The first-order valence-corrected chi connectivity index (χ1v) is 10.7. The molecule has 0 aliphatic carbocycles. The lowest BCUT2D eigenvalue weighted by Crippen LogP contribution is -2.49. The fraction of sp³-hybridized carbons (Fsp3) is 0.348. The number of carbonyl (C=O) groups is 2. The molecule has 2 aromatic rings. The molecule has 2 amide bonds. The van der Waals surface area contributed by atoms with Gasteiger partial charge in [-0.15, -0.1) is 0 Å². The summed E-state index contributed by atoms with van der Waals surface area (Å²) < 4.78 is 11.3. The molecule has 3 N–H and O–H groups in total. The van der Waals surface area contributed by atoms with Gasteiger partial charge in [0.25, 0.3) is 11.8 Å². The fourth-order valence-electron chi connectivity index (χ4n) is 2.70. The van der Waals surface area contributed by atoms with Crippen molar-refractivity contribution in [2.75, 3.05) is 13.2 Å². The molecule has 0 fully saturated rings. The number of amides is 2. The Labute approximate surface area is 188 Å². The van der Waals surface area contributed by atoms with Gasteiger partial charge in [0.05, 0.1) is 12.2 Å². The average molecular weight is 444 g/mol. The van der Waals surface area contributed by atoms with Crippen molar-refractivity contribution >= 4 is 29.1 Å². The van der Waals surface area contributed by atoms with E-state index in [-0.39, 0.29) is 17.6 Å². The molecule has 0 aliphatic rings. The number of rotatable bonds is 9. The van der Waals surface area contributed by atoms with E-state index in [2.05, 4.69) is 36.9 Å². The van der Waals surface area contributed by atoms with Crippen molar-refractivity contribution < 1.29 is 19.1 Å². The van der Waals surface area contributed by atoms with E-state index < -0.39 is 11.8 Å². The van der Waals surface area contributed by atoms with E-state index >= 15 is 0 Å². The minimum atomic E-state index is -0.432. The quantitative estimate of drug-likeness (QED) is 0.311. The second-order valence-electron chi connectivity index (χ2n) is 7.14. The maximum absolute atomic E-state index is 12.5. The van der Waals surface area contributed by atoms with Crippen LogP contribution in [-0.4, -0.2) is 30.1 Å². The number of ether oxygens (including phenoxy) is 2. The van der Waals surface area contributed by atoms with Crippen LogP contribution >= 0.6 is 12.2 Å². The third-order valence-electron chi connectivity index (χ3n) is 4.33. The van der Waals surface area contributed by atoms with Crippen molar-refractivity contribution in [3.63, 3.8) is 0 Å². The van der Waals surface area contributed by atoms with Crippen LogP contribution < -0.4 is 25.6 Å². The number of carbonyl (C=O) groups excluding carboxylic acids is 2. The van der Waals surface area contributed by atoms with Gasteiger partial charge in [0.15, 0.2) is 11.7 Å². The molecular formula is C23H29N3O4S. The van der Waals surface area contributed by atoms with Gasteiger partial charge in [0, 0.05) is 0 Å². The summed E-state index contributed by atoms with van der Waals surface area (Å²) in [6.45, 7) is 6.51. The van der Waals surface area contributed by atoms with Crippen LogP contribution in [0.15, 0.2) is 48.5 Å². The molecule has 0 bridgehead atoms. The highest BCUT2D eigenvalue weighted by atomic mass is 32.1. The predicted molar refractivity (Wildman–Crippen MR) is 124 cm³/mol. The lowest BCUT2D eigenvalue weighted by molar-refractivity contribution is -0.123. The van der Waals surface area contributed by atoms with E-state index in [1.54, 1.807) is 24.3 Å². The first-order chi connectivity index (χ1) is 14.9. The molecule has 2 aromatic carbocycles. The Morgan fingerprint density at radius 3 is 2.35 bits per heavy atom. The molecule has 0 atom stereocenters. The van der Waals surface area contributed by atoms with Gasteiger partial charge in [-0.2, -0.15) is 0 Å². The van der Waals surface area contributed by atoms with E-state index in [1.165, 1.54) is 0 Å². The topological polar surface area (TPSA) is 88.7 Å². The van der Waals surface area contributed by atoms with Gasteiger partial charge in [-0.05, 0) is 48.3 Å². The molecule has 0 heterocycles. The van der Waals surface area contributed by atoms with E-state index in [1.807, 2.05) is 24.3 Å². The zero-order chi connectivity index (χ0) is 22.6. The average Bonchev–Trinajstić information content (AvgIpc) is 2.76. The molecule has 31 heavy (non-hydrogen) atoms. The molecule has 0 saturated heterocycles. The van der Waals surface area contributed by atoms with Gasteiger partial charge in [-0.3, -0.25) is 25.8 Å². The van der Waals surface area contributed by atoms with Crippen LogP contribution in [0.4, 0.5) is 0 Å². The highest BCUT2D eigenvalue weighted by Crippen LogP contribution is 2.25. The molecule has 166 valence electrons. The zero-order valence-corrected chi connectivity index (χ0v) is 18.9. The monoisotopic (exact) mass is 443 g/mol. The number of hydrogen-bond acceptors (Lipinski definition) is 5. The van der Waals surface area contributed by atoms with Crippen LogP contribution in [0.25, 0.3) is 0 Å². The van der Waals surface area contributed by atoms with Crippen molar-refractivity contribution in [2.45, 2.75) is 39.5 Å². The van der Waals surface area contributed by atoms with Crippen molar-refractivity contribution in [2.24, 2.45) is 0 Å². The number of para-hydroxylation sites is 2. The van der Waals surface area contributed by atoms with Gasteiger partial charge in [0.2, 0.25) is 0 Å². The largest absolute Gasteiger partial charge is 0.493 e. The number of thiocarbonyl (C=S) groups is 1. The van der Waals surface area contributed by atoms with Crippen molar-refractivity contribution in [3.05, 3.63) is 59.7 Å². The molecule has 8 heteroatoms. The minimum Gasteiger partial charge on any atom is -0.493 e. The van der Waals surface area contributed by atoms with Crippen molar-refractivity contribution in [1.82, 2.24) is 16.2 Å². The molecule has 0 saturated carbocycles. The zero-order valence-electron chi connectivity index (χ0n) is 18.1. The third-order valence-corrected chi connectivity index (χ3v) is 4.53. The van der Waals surface area contributed by atoms with E-state index in [9.17, 15) is 9.59 Å². The summed E-state index contributed by atoms with van der Waals surface area (Å²) in [7, 11) is 0. The minimum absolute atomic E-state index is 0.0377. The van der Waals surface area contributed by atoms with Gasteiger partial charge in [-0.25, -0.2) is 0 Å². The maximum Gasteiger partial charge on any atom is 0.276 e. The van der Waals surface area contributed by atoms with Crippen LogP contribution in [0.1, 0.15) is 55.5 Å². The second kappa shape index (κ2) is 12.5. The van der Waals surface area contributed by atoms with Crippen molar-refractivity contribution in [3.8, 4) is 11.5 Å². The Morgan fingerprint density at radius 2 is 1.65 bits per heavy atom. The highest BCUT2D eigenvalue weighted by molar-refractivity contribution is 7.80. The highest BCUT2D eigenvalue weighted by Gasteiger charge is 2.14. The SMILES string of the molecule is CCCCOc1ccccc1C(=O)NC(=S)NNC(=O)COc1ccccc1C(C)C. The van der Waals surface area contributed by atoms with Crippen LogP contribution in [0.2, 0.25) is 0 Å². The van der Waals surface area contributed by atoms with Crippen LogP contribution in [-0.2, 0) is 4.79 Å². The number of benzene rings is 2. The Balaban J connectivity index is 1.81. The van der Waals surface area contributed by atoms with Gasteiger partial charge in [-0.1, -0.05) is 57.5 Å². The standard InChI is InChI=1S/C23H29N3O4S/c1-4-5-14-29-20-13-9-7-11-18(20)22(28)24-23(31)26-25-21(27)15-30-19-12-8-6-10-17(19)16(2)3/h6-13,16H,4-5,14-15H2,1-3H3,(H,25,27)(H2,24,26,28,31). The smallest absolute Gasteiger partial charge is 0.276 e. The molecule has 0 aromatic heterocycles. The Kier molecular flexibility index (Phi) is 9.77. The molecule has 0 radical (unpaired) electrons. The molecule has 2 rings (SSSR count). The third kappa shape index (κ3) is 7.90. The van der Waals surface area contributed by atoms with Crippen LogP contribution in [0, 0.1) is 0 Å². The summed E-state index contributed by atoms with van der Waals surface area (Å²) in [5.74, 6) is 0.550. The van der Waals surface area contributed by atoms with Gasteiger partial charge in [0.1, 0.15) is 11.5 Å². The Morgan fingerprint density at radius 1 is 0.968 bits per heavy atom. The fourth-order valence-corrected chi connectivity index (χ4v) is 2.85. The Bertz CT molecular complexity index is 902. The maximum atomic E-state index is 12.5. The first kappa shape index (κ1) is 24.1. The van der Waals surface area contributed by atoms with E-state index in [0.717, 1.165) is 18.4 Å². The van der Waals surface area contributed by atoms with E-state index in [0.29, 0.717) is 23.7 Å². The lowest BCUT2D eigenvalue weighted by atomic mass is 10.0. The molecular weight excluding hydrogens is 414 g/mol. The predicted octanol–water partition coefficient (Wildman–Crippen LogP) is 3.70. The summed E-state index contributed by atoms with van der Waals surface area (Å²) in [5, 5.41) is 2.49. The van der Waals surface area contributed by atoms with Crippen LogP contribution in [0.3, 0.4) is 0 Å². The van der Waals surface area contributed by atoms with Gasteiger partial charge < -0.3 is 9.47 Å². The Hall–Kier alpha value is -3.13. The van der Waals surface area contributed by atoms with Crippen LogP contribution in [0.5, 0.6) is 11.5 Å². The van der Waals surface area contributed by atoms with E-state index in [4.69, 9.17) is 21.7 Å². The summed E-state index contributed by atoms with van der Waals surface area (Å²) in [5.41, 5.74) is 6.30. The second-order valence-corrected chi connectivity index (χ2v) is 7.54. The normalized spacial score (nSPS) is 10.3. The van der Waals surface area contributed by atoms with Gasteiger partial charge >= 0.3 is 0 Å². The number of hydrogen-bond donors (Lipinski definition) is 3. The van der Waals surface area contributed by atoms with Crippen molar-refractivity contribution in [1.29, 1.82) is 0 Å². The molecule has 0 aliphatic heterocycles. The molecule has 0 spiro atoms. The lowest BCUT2D eigenvalue weighted by Gasteiger charge is -2.15. The number of nitrogens with one attached hydrogen (secondary N) is 3.